The summed E-state index contributed by atoms with van der Waals surface area (Å²) >= 11 is 0. The van der Waals surface area contributed by atoms with Crippen molar-refractivity contribution < 1.29 is 13.9 Å². The first kappa shape index (κ1) is 14.5. The topological polar surface area (TPSA) is 18.5 Å². The maximum Gasteiger partial charge on any atom is 0.183 e. The Morgan fingerprint density at radius 1 is 1.10 bits per heavy atom. The lowest BCUT2D eigenvalue weighted by Crippen LogP contribution is -2.25. The van der Waals surface area contributed by atoms with Gasteiger partial charge in [0.05, 0.1) is 19.0 Å². The van der Waals surface area contributed by atoms with E-state index in [1.165, 1.54) is 5.56 Å². The molecule has 0 amide bonds. The van der Waals surface area contributed by atoms with Crippen LogP contribution in [0.4, 0.5) is 4.39 Å². The molecule has 1 aromatic rings. The normalized spacial score (nSPS) is 29.8. The average molecular weight is 288 g/mol. The average Bonchev–Trinajstić information content (AvgIpc) is 2.56. The summed E-state index contributed by atoms with van der Waals surface area (Å²) in [6, 6.07) is 8.35. The van der Waals surface area contributed by atoms with E-state index in [-0.39, 0.29) is 18.0 Å². The van der Waals surface area contributed by atoms with Gasteiger partial charge in [0.1, 0.15) is 0 Å². The van der Waals surface area contributed by atoms with Crippen LogP contribution in [0.15, 0.2) is 48.8 Å². The Labute approximate surface area is 125 Å². The number of halogens is 1. The number of benzene rings is 1. The van der Waals surface area contributed by atoms with Gasteiger partial charge in [0, 0.05) is 11.5 Å². The van der Waals surface area contributed by atoms with Crippen LogP contribution >= 0.6 is 0 Å². The number of rotatable bonds is 3. The molecule has 1 heterocycles. The van der Waals surface area contributed by atoms with Crippen molar-refractivity contribution in [2.75, 3.05) is 13.2 Å². The van der Waals surface area contributed by atoms with E-state index in [9.17, 15) is 4.39 Å². The van der Waals surface area contributed by atoms with Crippen molar-refractivity contribution in [2.45, 2.75) is 31.5 Å². The molecule has 1 aliphatic carbocycles. The first-order chi connectivity index (χ1) is 10.3. The molecule has 0 bridgehead atoms. The SMILES string of the molecule is C=CC1COC(c2ccc(C3CC=C(F)CC3)cc2)OC1. The van der Waals surface area contributed by atoms with Crippen LogP contribution in [-0.4, -0.2) is 13.2 Å². The van der Waals surface area contributed by atoms with Gasteiger partial charge < -0.3 is 9.47 Å². The van der Waals surface area contributed by atoms with Gasteiger partial charge in [-0.3, -0.25) is 0 Å². The molecule has 0 aromatic heterocycles. The van der Waals surface area contributed by atoms with E-state index in [2.05, 4.69) is 30.8 Å². The second kappa shape index (κ2) is 6.54. The predicted molar refractivity (Wildman–Crippen MR) is 80.6 cm³/mol. The van der Waals surface area contributed by atoms with Crippen LogP contribution in [0.3, 0.4) is 0 Å². The van der Waals surface area contributed by atoms with Gasteiger partial charge in [-0.05, 0) is 30.7 Å². The zero-order chi connectivity index (χ0) is 14.7. The Bertz CT molecular complexity index is 513. The van der Waals surface area contributed by atoms with Gasteiger partial charge in [-0.2, -0.15) is 0 Å². The summed E-state index contributed by atoms with van der Waals surface area (Å²) in [4.78, 5) is 0. The summed E-state index contributed by atoms with van der Waals surface area (Å²) < 4.78 is 24.5. The van der Waals surface area contributed by atoms with Crippen molar-refractivity contribution in [1.82, 2.24) is 0 Å². The number of hydrogen-bond acceptors (Lipinski definition) is 2. The molecule has 112 valence electrons. The van der Waals surface area contributed by atoms with Crippen molar-refractivity contribution in [3.8, 4) is 0 Å². The van der Waals surface area contributed by atoms with Crippen LogP contribution in [0.2, 0.25) is 0 Å². The molecule has 1 aliphatic heterocycles. The summed E-state index contributed by atoms with van der Waals surface area (Å²) in [6.07, 6.45) is 5.55. The lowest BCUT2D eigenvalue weighted by atomic mass is 9.87. The zero-order valence-corrected chi connectivity index (χ0v) is 12.1. The molecule has 0 saturated carbocycles. The van der Waals surface area contributed by atoms with Crippen LogP contribution in [0, 0.1) is 5.92 Å². The third-order valence-electron chi connectivity index (χ3n) is 4.29. The van der Waals surface area contributed by atoms with E-state index >= 15 is 0 Å². The highest BCUT2D eigenvalue weighted by Crippen LogP contribution is 2.33. The number of ether oxygens (including phenoxy) is 2. The fourth-order valence-corrected chi connectivity index (χ4v) is 2.88. The predicted octanol–water partition coefficient (Wildman–Crippen LogP) is 4.66. The largest absolute Gasteiger partial charge is 0.348 e. The molecule has 1 unspecified atom stereocenters. The highest BCUT2D eigenvalue weighted by Gasteiger charge is 2.22. The molecular formula is C18H21FO2. The maximum atomic E-state index is 13.1. The van der Waals surface area contributed by atoms with Gasteiger partial charge in [0.2, 0.25) is 0 Å². The minimum absolute atomic E-state index is 0.0312. The minimum atomic E-state index is -0.279. The van der Waals surface area contributed by atoms with Crippen molar-refractivity contribution in [1.29, 1.82) is 0 Å². The molecule has 1 aromatic carbocycles. The summed E-state index contributed by atoms with van der Waals surface area (Å²) in [5, 5.41) is 0. The van der Waals surface area contributed by atoms with E-state index in [1.807, 2.05) is 6.08 Å². The first-order valence-electron chi connectivity index (χ1n) is 7.56. The van der Waals surface area contributed by atoms with E-state index in [0.717, 1.165) is 18.4 Å². The van der Waals surface area contributed by atoms with Crippen LogP contribution in [0.5, 0.6) is 0 Å². The molecule has 1 fully saturated rings. The van der Waals surface area contributed by atoms with Crippen molar-refractivity contribution in [3.05, 3.63) is 60.0 Å². The Kier molecular flexibility index (Phi) is 4.51. The van der Waals surface area contributed by atoms with Gasteiger partial charge in [0.15, 0.2) is 6.29 Å². The summed E-state index contributed by atoms with van der Waals surface area (Å²) in [5.41, 5.74) is 2.31. The van der Waals surface area contributed by atoms with E-state index in [1.54, 1.807) is 6.08 Å². The molecule has 2 nitrogen and oxygen atoms in total. The lowest BCUT2D eigenvalue weighted by Gasteiger charge is -2.28. The van der Waals surface area contributed by atoms with E-state index in [4.69, 9.17) is 9.47 Å². The molecule has 3 rings (SSSR count). The van der Waals surface area contributed by atoms with Gasteiger partial charge in [-0.25, -0.2) is 4.39 Å². The van der Waals surface area contributed by atoms with Gasteiger partial charge in [-0.15, -0.1) is 6.58 Å². The fraction of sp³-hybridized carbons (Fsp3) is 0.444. The first-order valence-corrected chi connectivity index (χ1v) is 7.56. The summed E-state index contributed by atoms with van der Waals surface area (Å²) in [7, 11) is 0. The van der Waals surface area contributed by atoms with Crippen LogP contribution in [0.25, 0.3) is 0 Å². The highest BCUT2D eigenvalue weighted by atomic mass is 19.1. The second-order valence-electron chi connectivity index (χ2n) is 5.78. The van der Waals surface area contributed by atoms with Crippen LogP contribution in [0.1, 0.15) is 42.6 Å². The molecule has 1 atom stereocenters. The van der Waals surface area contributed by atoms with E-state index in [0.29, 0.717) is 25.6 Å². The van der Waals surface area contributed by atoms with Crippen molar-refractivity contribution in [2.24, 2.45) is 5.92 Å². The quantitative estimate of drug-likeness (QED) is 0.753. The maximum absolute atomic E-state index is 13.1. The van der Waals surface area contributed by atoms with Crippen LogP contribution in [-0.2, 0) is 9.47 Å². The third-order valence-corrected chi connectivity index (χ3v) is 4.29. The van der Waals surface area contributed by atoms with Crippen LogP contribution < -0.4 is 0 Å². The number of allylic oxidation sites excluding steroid dienone is 2. The third kappa shape index (κ3) is 3.42. The Morgan fingerprint density at radius 2 is 1.76 bits per heavy atom. The highest BCUT2D eigenvalue weighted by molar-refractivity contribution is 5.27. The van der Waals surface area contributed by atoms with Gasteiger partial charge in [-0.1, -0.05) is 36.4 Å². The molecule has 21 heavy (non-hydrogen) atoms. The fourth-order valence-electron chi connectivity index (χ4n) is 2.88. The molecule has 3 heteroatoms. The van der Waals surface area contributed by atoms with Crippen molar-refractivity contribution in [3.63, 3.8) is 0 Å². The Morgan fingerprint density at radius 3 is 2.33 bits per heavy atom. The smallest absolute Gasteiger partial charge is 0.183 e. The van der Waals surface area contributed by atoms with Gasteiger partial charge in [0.25, 0.3) is 0 Å². The summed E-state index contributed by atoms with van der Waals surface area (Å²) in [5.74, 6) is 0.741. The minimum Gasteiger partial charge on any atom is -0.348 e. The molecule has 0 spiro atoms. The zero-order valence-electron chi connectivity index (χ0n) is 12.1. The molecular weight excluding hydrogens is 267 g/mol. The number of hydrogen-bond donors (Lipinski definition) is 0. The van der Waals surface area contributed by atoms with Crippen molar-refractivity contribution >= 4 is 0 Å². The Balaban J connectivity index is 1.63. The van der Waals surface area contributed by atoms with Gasteiger partial charge >= 0.3 is 0 Å². The monoisotopic (exact) mass is 288 g/mol. The molecule has 2 aliphatic rings. The lowest BCUT2D eigenvalue weighted by molar-refractivity contribution is -0.197. The summed E-state index contributed by atoms with van der Waals surface area (Å²) in [6.45, 7) is 5.07. The molecule has 0 N–H and O–H groups in total. The second-order valence-corrected chi connectivity index (χ2v) is 5.78. The molecule has 1 saturated heterocycles. The molecule has 0 radical (unpaired) electrons. The van der Waals surface area contributed by atoms with E-state index < -0.39 is 0 Å². The standard InChI is InChI=1S/C18H21FO2/c1-2-13-11-20-18(21-12-13)16-5-3-14(4-6-16)15-7-9-17(19)10-8-15/h2-6,9,13,15,18H,1,7-8,10-12H2. The Hall–Kier alpha value is -1.45.